The summed E-state index contributed by atoms with van der Waals surface area (Å²) in [5.74, 6) is -3.70. The van der Waals surface area contributed by atoms with Crippen molar-refractivity contribution in [1.82, 2.24) is 9.55 Å². The molecule has 2 rings (SSSR count). The lowest BCUT2D eigenvalue weighted by Gasteiger charge is -2.15. The molecule has 25 heavy (non-hydrogen) atoms. The van der Waals surface area contributed by atoms with E-state index in [4.69, 9.17) is 11.5 Å². The molecule has 1 heterocycles. The summed E-state index contributed by atoms with van der Waals surface area (Å²) in [4.78, 5) is 47.8. The number of carbonyl (C=O) groups is 2. The molecule has 10 heteroatoms. The van der Waals surface area contributed by atoms with Gasteiger partial charge in [-0.2, -0.15) is 4.39 Å². The molecule has 0 saturated carbocycles. The minimum atomic E-state index is -1.83. The first-order valence-corrected chi connectivity index (χ1v) is 7.11. The van der Waals surface area contributed by atoms with E-state index in [1.165, 1.54) is 0 Å². The SMILES string of the molecule is N[C@H](C(=O)OC(=O)[C@@H](N)Cc1ccccc1)n1cc(F)c(=O)[nH]c1=O. The summed E-state index contributed by atoms with van der Waals surface area (Å²) in [7, 11) is 0. The fraction of sp³-hybridized carbons (Fsp3) is 0.200. The van der Waals surface area contributed by atoms with Gasteiger partial charge in [0.15, 0.2) is 6.17 Å². The van der Waals surface area contributed by atoms with Crippen LogP contribution in [0.1, 0.15) is 11.7 Å². The molecular weight excluding hydrogens is 335 g/mol. The first kappa shape index (κ1) is 18.2. The van der Waals surface area contributed by atoms with Crippen LogP contribution in [0.4, 0.5) is 4.39 Å². The molecule has 0 aliphatic rings. The fourth-order valence-electron chi connectivity index (χ4n) is 1.97. The van der Waals surface area contributed by atoms with Crippen molar-refractivity contribution in [1.29, 1.82) is 0 Å². The van der Waals surface area contributed by atoms with E-state index in [9.17, 15) is 23.6 Å². The second-order valence-corrected chi connectivity index (χ2v) is 5.12. The number of nitrogens with zero attached hydrogens (tertiary/aromatic N) is 1. The van der Waals surface area contributed by atoms with Crippen molar-refractivity contribution in [2.75, 3.05) is 0 Å². The van der Waals surface area contributed by atoms with Crippen LogP contribution in [-0.4, -0.2) is 27.5 Å². The Labute approximate surface area is 140 Å². The quantitative estimate of drug-likeness (QED) is 0.451. The van der Waals surface area contributed by atoms with Gasteiger partial charge in [-0.05, 0) is 12.0 Å². The summed E-state index contributed by atoms with van der Waals surface area (Å²) < 4.78 is 18.1. The lowest BCUT2D eigenvalue weighted by molar-refractivity contribution is -0.163. The van der Waals surface area contributed by atoms with Crippen molar-refractivity contribution in [2.24, 2.45) is 11.5 Å². The monoisotopic (exact) mass is 350 g/mol. The number of rotatable bonds is 5. The van der Waals surface area contributed by atoms with Crippen LogP contribution in [0.2, 0.25) is 0 Å². The Hall–Kier alpha value is -3.11. The van der Waals surface area contributed by atoms with Crippen LogP contribution in [0.3, 0.4) is 0 Å². The number of esters is 2. The van der Waals surface area contributed by atoms with Gasteiger partial charge in [0, 0.05) is 0 Å². The molecule has 0 fully saturated rings. The number of hydrogen-bond acceptors (Lipinski definition) is 7. The highest BCUT2D eigenvalue weighted by molar-refractivity contribution is 5.89. The molecule has 0 aliphatic carbocycles. The molecule has 0 bridgehead atoms. The van der Waals surface area contributed by atoms with E-state index in [1.54, 1.807) is 35.3 Å². The van der Waals surface area contributed by atoms with Crippen molar-refractivity contribution in [3.63, 3.8) is 0 Å². The number of hydrogen-bond donors (Lipinski definition) is 3. The number of benzene rings is 1. The van der Waals surface area contributed by atoms with Gasteiger partial charge in [-0.1, -0.05) is 30.3 Å². The third-order valence-corrected chi connectivity index (χ3v) is 3.27. The highest BCUT2D eigenvalue weighted by Crippen LogP contribution is 2.05. The molecule has 2 atom stereocenters. The maximum absolute atomic E-state index is 13.2. The van der Waals surface area contributed by atoms with Crippen LogP contribution in [0.15, 0.2) is 46.1 Å². The van der Waals surface area contributed by atoms with Gasteiger partial charge in [-0.15, -0.1) is 0 Å². The van der Waals surface area contributed by atoms with Crippen molar-refractivity contribution in [3.8, 4) is 0 Å². The van der Waals surface area contributed by atoms with Crippen molar-refractivity contribution < 1.29 is 18.7 Å². The maximum Gasteiger partial charge on any atom is 0.351 e. The van der Waals surface area contributed by atoms with E-state index in [2.05, 4.69) is 4.74 Å². The fourth-order valence-corrected chi connectivity index (χ4v) is 1.97. The minimum Gasteiger partial charge on any atom is -0.389 e. The molecular formula is C15H15FN4O5. The molecule has 132 valence electrons. The number of aromatic nitrogens is 2. The smallest absolute Gasteiger partial charge is 0.351 e. The molecule has 1 aromatic carbocycles. The highest BCUT2D eigenvalue weighted by atomic mass is 19.1. The lowest BCUT2D eigenvalue weighted by Crippen LogP contribution is -2.43. The van der Waals surface area contributed by atoms with Gasteiger partial charge in [-0.3, -0.25) is 14.3 Å². The molecule has 0 saturated heterocycles. The molecule has 5 N–H and O–H groups in total. The number of nitrogens with one attached hydrogen (secondary N) is 1. The Morgan fingerprint density at radius 2 is 1.80 bits per heavy atom. The number of carbonyl (C=O) groups excluding carboxylic acids is 2. The van der Waals surface area contributed by atoms with Gasteiger partial charge in [-0.25, -0.2) is 14.4 Å². The van der Waals surface area contributed by atoms with E-state index in [0.29, 0.717) is 10.8 Å². The molecule has 0 spiro atoms. The molecule has 2 aromatic rings. The van der Waals surface area contributed by atoms with E-state index < -0.39 is 41.2 Å². The zero-order valence-electron chi connectivity index (χ0n) is 12.8. The van der Waals surface area contributed by atoms with Crippen LogP contribution in [0, 0.1) is 5.82 Å². The molecule has 1 aromatic heterocycles. The minimum absolute atomic E-state index is 0.120. The highest BCUT2D eigenvalue weighted by Gasteiger charge is 2.25. The van der Waals surface area contributed by atoms with Crippen LogP contribution in [-0.2, 0) is 20.7 Å². The maximum atomic E-state index is 13.2. The van der Waals surface area contributed by atoms with Crippen molar-refractivity contribution in [2.45, 2.75) is 18.6 Å². The summed E-state index contributed by atoms with van der Waals surface area (Å²) in [5, 5.41) is 0. The molecule has 9 nitrogen and oxygen atoms in total. The number of halogens is 1. The topological polar surface area (TPSA) is 150 Å². The van der Waals surface area contributed by atoms with E-state index in [0.717, 1.165) is 5.56 Å². The van der Waals surface area contributed by atoms with Gasteiger partial charge < -0.3 is 16.2 Å². The molecule has 0 aliphatic heterocycles. The van der Waals surface area contributed by atoms with E-state index in [1.807, 2.05) is 0 Å². The standard InChI is InChI=1S/C15H15FN4O5/c16-9-7-20(15(24)19-12(9)21)11(18)14(23)25-13(22)10(17)6-8-4-2-1-3-5-8/h1-5,7,10-11H,6,17-18H2,(H,19,21,24)/t10-,11-/m0/s1. The van der Waals surface area contributed by atoms with Crippen molar-refractivity contribution >= 4 is 11.9 Å². The third-order valence-electron chi connectivity index (χ3n) is 3.27. The largest absolute Gasteiger partial charge is 0.389 e. The first-order chi connectivity index (χ1) is 11.8. The van der Waals surface area contributed by atoms with Gasteiger partial charge in [0.05, 0.1) is 6.20 Å². The number of aromatic amines is 1. The Kier molecular flexibility index (Phi) is 5.57. The van der Waals surface area contributed by atoms with Gasteiger partial charge in [0.2, 0.25) is 5.82 Å². The molecule has 0 unspecified atom stereocenters. The Bertz CT molecular complexity index is 893. The third kappa shape index (κ3) is 4.46. The predicted molar refractivity (Wildman–Crippen MR) is 83.7 cm³/mol. The average Bonchev–Trinajstić information content (AvgIpc) is 2.58. The average molecular weight is 350 g/mol. The Morgan fingerprint density at radius 3 is 2.44 bits per heavy atom. The van der Waals surface area contributed by atoms with Crippen LogP contribution < -0.4 is 22.7 Å². The summed E-state index contributed by atoms with van der Waals surface area (Å²) >= 11 is 0. The second-order valence-electron chi connectivity index (χ2n) is 5.12. The van der Waals surface area contributed by atoms with Gasteiger partial charge >= 0.3 is 17.6 Å². The zero-order chi connectivity index (χ0) is 18.6. The first-order valence-electron chi connectivity index (χ1n) is 7.11. The Morgan fingerprint density at radius 1 is 1.16 bits per heavy atom. The van der Waals surface area contributed by atoms with Crippen LogP contribution >= 0.6 is 0 Å². The normalized spacial score (nSPS) is 13.1. The van der Waals surface area contributed by atoms with E-state index in [-0.39, 0.29) is 6.42 Å². The number of ether oxygens (including phenoxy) is 1. The second kappa shape index (κ2) is 7.64. The van der Waals surface area contributed by atoms with E-state index >= 15 is 0 Å². The van der Waals surface area contributed by atoms with Gasteiger partial charge in [0.1, 0.15) is 6.04 Å². The lowest BCUT2D eigenvalue weighted by atomic mass is 10.1. The summed E-state index contributed by atoms with van der Waals surface area (Å²) in [6.07, 6.45) is -1.26. The molecule has 0 amide bonds. The number of nitrogens with two attached hydrogens (primary N) is 2. The Balaban J connectivity index is 2.05. The molecule has 0 radical (unpaired) electrons. The summed E-state index contributed by atoms with van der Waals surface area (Å²) in [6, 6.07) is 7.64. The van der Waals surface area contributed by atoms with Gasteiger partial charge in [0.25, 0.3) is 5.56 Å². The van der Waals surface area contributed by atoms with Crippen molar-refractivity contribution in [3.05, 3.63) is 68.7 Å². The summed E-state index contributed by atoms with van der Waals surface area (Å²) in [5.41, 5.74) is 9.50. The predicted octanol–water partition coefficient (Wildman–Crippen LogP) is -1.23. The number of H-pyrrole nitrogens is 1. The van der Waals surface area contributed by atoms with Crippen LogP contribution in [0.5, 0.6) is 0 Å². The van der Waals surface area contributed by atoms with Crippen LogP contribution in [0.25, 0.3) is 0 Å². The summed E-state index contributed by atoms with van der Waals surface area (Å²) in [6.45, 7) is 0. The zero-order valence-corrected chi connectivity index (χ0v) is 12.8.